The summed E-state index contributed by atoms with van der Waals surface area (Å²) in [5.74, 6) is 0.308. The Morgan fingerprint density at radius 2 is 1.69 bits per heavy atom. The summed E-state index contributed by atoms with van der Waals surface area (Å²) in [5, 5.41) is 15.2. The molecule has 3 rings (SSSR count). The molecule has 8 nitrogen and oxygen atoms in total. The highest BCUT2D eigenvalue weighted by Gasteiger charge is 2.25. The maximum atomic E-state index is 12.8. The first kappa shape index (κ1) is 23.5. The molecule has 0 spiro atoms. The molecule has 32 heavy (non-hydrogen) atoms. The lowest BCUT2D eigenvalue weighted by Gasteiger charge is -2.21. The van der Waals surface area contributed by atoms with Gasteiger partial charge in [-0.2, -0.15) is 0 Å². The lowest BCUT2D eigenvalue weighted by Crippen LogP contribution is -2.48. The molecule has 3 aromatic rings. The van der Waals surface area contributed by atoms with E-state index in [2.05, 4.69) is 20.8 Å². The summed E-state index contributed by atoms with van der Waals surface area (Å²) >= 11 is 7.08. The summed E-state index contributed by atoms with van der Waals surface area (Å²) < 4.78 is 10.6. The summed E-state index contributed by atoms with van der Waals surface area (Å²) in [6.45, 7) is 3.46. The van der Waals surface area contributed by atoms with Gasteiger partial charge in [0.1, 0.15) is 22.5 Å². The Labute approximate surface area is 194 Å². The molecular formula is C22H23ClN4O4S. The van der Waals surface area contributed by atoms with Gasteiger partial charge < -0.3 is 14.8 Å². The molecule has 0 aliphatic carbocycles. The Hall–Kier alpha value is -3.17. The van der Waals surface area contributed by atoms with Crippen LogP contribution in [0.5, 0.6) is 11.5 Å². The van der Waals surface area contributed by atoms with Crippen LogP contribution in [0.3, 0.4) is 0 Å². The van der Waals surface area contributed by atoms with Crippen LogP contribution in [0.4, 0.5) is 5.13 Å². The van der Waals surface area contributed by atoms with E-state index in [1.165, 1.54) is 11.3 Å². The molecule has 0 bridgehead atoms. The van der Waals surface area contributed by atoms with Crippen LogP contribution in [0, 0.1) is 5.92 Å². The highest BCUT2D eigenvalue weighted by molar-refractivity contribution is 7.18. The number of benzene rings is 2. The number of carbonyl (C=O) groups excluding carboxylic acids is 2. The minimum atomic E-state index is -0.760. The average Bonchev–Trinajstić information content (AvgIpc) is 3.25. The van der Waals surface area contributed by atoms with Crippen LogP contribution < -0.4 is 20.1 Å². The van der Waals surface area contributed by atoms with Crippen molar-refractivity contribution in [1.82, 2.24) is 15.5 Å². The van der Waals surface area contributed by atoms with E-state index in [-0.39, 0.29) is 18.4 Å². The summed E-state index contributed by atoms with van der Waals surface area (Å²) in [4.78, 5) is 25.1. The maximum absolute atomic E-state index is 12.8. The molecule has 0 saturated heterocycles. The SMILES string of the molecule is COc1ccc(-c2nnc(NC(=O)C(NC(=O)COc3ccc(Cl)cc3)C(C)C)s2)cc1. The summed E-state index contributed by atoms with van der Waals surface area (Å²) in [6.07, 6.45) is 0. The zero-order chi connectivity index (χ0) is 23.1. The van der Waals surface area contributed by atoms with Crippen molar-refractivity contribution in [2.24, 2.45) is 5.92 Å². The van der Waals surface area contributed by atoms with Gasteiger partial charge >= 0.3 is 0 Å². The van der Waals surface area contributed by atoms with Crippen LogP contribution in [0.1, 0.15) is 13.8 Å². The zero-order valence-electron chi connectivity index (χ0n) is 17.8. The van der Waals surface area contributed by atoms with Crippen LogP contribution in [-0.4, -0.2) is 41.8 Å². The molecule has 0 fully saturated rings. The highest BCUT2D eigenvalue weighted by Crippen LogP contribution is 2.28. The average molecular weight is 475 g/mol. The van der Waals surface area contributed by atoms with E-state index >= 15 is 0 Å². The number of amides is 2. The molecule has 10 heteroatoms. The number of rotatable bonds is 9. The number of nitrogens with one attached hydrogen (secondary N) is 2. The molecule has 1 unspecified atom stereocenters. The minimum absolute atomic E-state index is 0.150. The predicted octanol–water partition coefficient (Wildman–Crippen LogP) is 4.03. The maximum Gasteiger partial charge on any atom is 0.258 e. The molecule has 0 radical (unpaired) electrons. The van der Waals surface area contributed by atoms with Crippen molar-refractivity contribution in [2.45, 2.75) is 19.9 Å². The van der Waals surface area contributed by atoms with Gasteiger partial charge in [0.25, 0.3) is 5.91 Å². The second kappa shape index (κ2) is 10.9. The van der Waals surface area contributed by atoms with Crippen molar-refractivity contribution in [3.05, 3.63) is 53.6 Å². The highest BCUT2D eigenvalue weighted by atomic mass is 35.5. The van der Waals surface area contributed by atoms with Gasteiger partial charge in [-0.15, -0.1) is 10.2 Å². The first-order chi connectivity index (χ1) is 15.4. The number of nitrogens with zero attached hydrogens (tertiary/aromatic N) is 2. The monoisotopic (exact) mass is 474 g/mol. The summed E-state index contributed by atoms with van der Waals surface area (Å²) in [6, 6.07) is 13.3. The predicted molar refractivity (Wildman–Crippen MR) is 124 cm³/mol. The van der Waals surface area contributed by atoms with Gasteiger partial charge in [0.15, 0.2) is 6.61 Å². The van der Waals surface area contributed by atoms with Crippen LogP contribution in [-0.2, 0) is 9.59 Å². The second-order valence-electron chi connectivity index (χ2n) is 7.16. The molecule has 1 heterocycles. The number of hydrogen-bond acceptors (Lipinski definition) is 7. The van der Waals surface area contributed by atoms with E-state index in [1.807, 2.05) is 38.1 Å². The molecule has 0 saturated carbocycles. The first-order valence-corrected chi connectivity index (χ1v) is 11.0. The Kier molecular flexibility index (Phi) is 8.02. The minimum Gasteiger partial charge on any atom is -0.497 e. The smallest absolute Gasteiger partial charge is 0.258 e. The summed E-state index contributed by atoms with van der Waals surface area (Å²) in [7, 11) is 1.60. The van der Waals surface area contributed by atoms with Crippen molar-refractivity contribution in [3.8, 4) is 22.1 Å². The van der Waals surface area contributed by atoms with Crippen molar-refractivity contribution >= 4 is 39.9 Å². The van der Waals surface area contributed by atoms with E-state index in [0.717, 1.165) is 11.3 Å². The first-order valence-electron chi connectivity index (χ1n) is 9.82. The lowest BCUT2D eigenvalue weighted by molar-refractivity contribution is -0.128. The van der Waals surface area contributed by atoms with E-state index < -0.39 is 11.9 Å². The van der Waals surface area contributed by atoms with Gasteiger partial charge in [0, 0.05) is 10.6 Å². The Morgan fingerprint density at radius 1 is 1.03 bits per heavy atom. The number of ether oxygens (including phenoxy) is 2. The number of carbonyl (C=O) groups is 2. The topological polar surface area (TPSA) is 102 Å². The molecule has 1 aromatic heterocycles. The van der Waals surface area contributed by atoms with Crippen molar-refractivity contribution in [1.29, 1.82) is 0 Å². The van der Waals surface area contributed by atoms with E-state index in [4.69, 9.17) is 21.1 Å². The Morgan fingerprint density at radius 3 is 2.31 bits per heavy atom. The quantitative estimate of drug-likeness (QED) is 0.485. The fourth-order valence-electron chi connectivity index (χ4n) is 2.74. The van der Waals surface area contributed by atoms with Gasteiger partial charge in [-0.05, 0) is 54.4 Å². The Balaban J connectivity index is 1.58. The molecule has 0 aliphatic heterocycles. The molecule has 0 aliphatic rings. The molecule has 2 amide bonds. The standard InChI is InChI=1S/C22H23ClN4O4S/c1-13(2)19(24-18(28)12-31-17-10-6-15(23)7-11-17)20(29)25-22-27-26-21(32-22)14-4-8-16(30-3)9-5-14/h4-11,13,19H,12H2,1-3H3,(H,24,28)(H,25,27,29). The third-order valence-electron chi connectivity index (χ3n) is 4.44. The fraction of sp³-hybridized carbons (Fsp3) is 0.273. The molecular weight excluding hydrogens is 452 g/mol. The number of hydrogen-bond donors (Lipinski definition) is 2. The van der Waals surface area contributed by atoms with Crippen LogP contribution >= 0.6 is 22.9 Å². The largest absolute Gasteiger partial charge is 0.497 e. The van der Waals surface area contributed by atoms with Gasteiger partial charge in [-0.1, -0.05) is 36.8 Å². The lowest BCUT2D eigenvalue weighted by atomic mass is 10.0. The third-order valence-corrected chi connectivity index (χ3v) is 5.58. The third kappa shape index (κ3) is 6.41. The molecule has 168 valence electrons. The molecule has 2 N–H and O–H groups in total. The van der Waals surface area contributed by atoms with Crippen molar-refractivity contribution in [3.63, 3.8) is 0 Å². The van der Waals surface area contributed by atoms with Gasteiger partial charge in [0.05, 0.1) is 7.11 Å². The van der Waals surface area contributed by atoms with Crippen molar-refractivity contribution < 1.29 is 19.1 Å². The van der Waals surface area contributed by atoms with E-state index in [0.29, 0.717) is 20.9 Å². The van der Waals surface area contributed by atoms with Gasteiger partial charge in [-0.25, -0.2) is 0 Å². The Bertz CT molecular complexity index is 1050. The molecule has 1 atom stereocenters. The van der Waals surface area contributed by atoms with Crippen LogP contribution in [0.15, 0.2) is 48.5 Å². The normalized spacial score (nSPS) is 11.7. The van der Waals surface area contributed by atoms with Crippen molar-refractivity contribution in [2.75, 3.05) is 19.0 Å². The van der Waals surface area contributed by atoms with Crippen LogP contribution in [0.2, 0.25) is 5.02 Å². The van der Waals surface area contributed by atoms with E-state index in [1.54, 1.807) is 31.4 Å². The molecule has 2 aromatic carbocycles. The zero-order valence-corrected chi connectivity index (χ0v) is 19.4. The number of anilines is 1. The van der Waals surface area contributed by atoms with E-state index in [9.17, 15) is 9.59 Å². The van der Waals surface area contributed by atoms with Gasteiger partial charge in [-0.3, -0.25) is 14.9 Å². The summed E-state index contributed by atoms with van der Waals surface area (Å²) in [5.41, 5.74) is 0.858. The number of halogens is 1. The number of aromatic nitrogens is 2. The van der Waals surface area contributed by atoms with Crippen LogP contribution in [0.25, 0.3) is 10.6 Å². The fourth-order valence-corrected chi connectivity index (χ4v) is 3.61. The van der Waals surface area contributed by atoms with Gasteiger partial charge in [0.2, 0.25) is 11.0 Å². The second-order valence-corrected chi connectivity index (χ2v) is 8.58. The number of methoxy groups -OCH3 is 1.